The molecule has 0 radical (unpaired) electrons. The number of nitrogens with one attached hydrogen (secondary N) is 1. The molecule has 0 fully saturated rings. The van der Waals surface area contributed by atoms with Gasteiger partial charge in [-0.25, -0.2) is 4.98 Å². The van der Waals surface area contributed by atoms with E-state index in [1.807, 2.05) is 31.2 Å². The highest BCUT2D eigenvalue weighted by molar-refractivity contribution is 6.09. The Labute approximate surface area is 153 Å². The Morgan fingerprint density at radius 1 is 1.35 bits per heavy atom. The van der Waals surface area contributed by atoms with Crippen molar-refractivity contribution in [1.29, 1.82) is 0 Å². The van der Waals surface area contributed by atoms with Crippen LogP contribution in [0.15, 0.2) is 36.5 Å². The summed E-state index contributed by atoms with van der Waals surface area (Å²) in [7, 11) is 0. The summed E-state index contributed by atoms with van der Waals surface area (Å²) < 4.78 is 5.80. The molecular weight excluding hydrogens is 330 g/mol. The summed E-state index contributed by atoms with van der Waals surface area (Å²) in [4.78, 5) is 30.3. The Morgan fingerprint density at radius 3 is 2.88 bits per heavy atom. The monoisotopic (exact) mass is 353 g/mol. The minimum atomic E-state index is -0.293. The minimum Gasteiger partial charge on any atom is -0.483 e. The molecule has 0 bridgehead atoms. The third-order valence-corrected chi connectivity index (χ3v) is 4.68. The van der Waals surface area contributed by atoms with E-state index in [1.54, 1.807) is 12.3 Å². The van der Waals surface area contributed by atoms with Gasteiger partial charge >= 0.3 is 0 Å². The van der Waals surface area contributed by atoms with Crippen molar-refractivity contribution in [2.75, 3.05) is 23.4 Å². The average Bonchev–Trinajstić information content (AvgIpc) is 2.66. The molecule has 1 N–H and O–H groups in total. The maximum atomic E-state index is 12.7. The van der Waals surface area contributed by atoms with E-state index in [1.165, 1.54) is 4.90 Å². The Balaban J connectivity index is 1.78. The number of carbonyl (C=O) groups excluding carboxylic acids is 2. The molecule has 0 aliphatic carbocycles. The van der Waals surface area contributed by atoms with Crippen molar-refractivity contribution >= 4 is 23.3 Å². The molecule has 3 rings (SSSR count). The number of para-hydroxylation sites is 1. The molecule has 1 aromatic heterocycles. The number of fused-ring (bicyclic) bond motifs is 1. The second-order valence-electron chi connectivity index (χ2n) is 6.49. The van der Waals surface area contributed by atoms with Crippen LogP contribution in [0.2, 0.25) is 0 Å². The van der Waals surface area contributed by atoms with E-state index in [9.17, 15) is 9.59 Å². The summed E-state index contributed by atoms with van der Waals surface area (Å²) in [6.45, 7) is 5.91. The van der Waals surface area contributed by atoms with E-state index in [2.05, 4.69) is 24.1 Å². The summed E-state index contributed by atoms with van der Waals surface area (Å²) in [6.07, 6.45) is 2.61. The molecule has 2 amide bonds. The van der Waals surface area contributed by atoms with E-state index in [0.717, 1.165) is 17.5 Å². The van der Waals surface area contributed by atoms with Crippen LogP contribution >= 0.6 is 0 Å². The largest absolute Gasteiger partial charge is 0.483 e. The van der Waals surface area contributed by atoms with Crippen molar-refractivity contribution in [3.05, 3.63) is 47.7 Å². The van der Waals surface area contributed by atoms with Gasteiger partial charge in [-0.05, 0) is 42.5 Å². The molecule has 1 atom stereocenters. The van der Waals surface area contributed by atoms with Crippen molar-refractivity contribution in [3.8, 4) is 5.75 Å². The molecule has 2 aromatic rings. The zero-order valence-electron chi connectivity index (χ0n) is 15.3. The Bertz CT molecular complexity index is 835. The first kappa shape index (κ1) is 17.9. The van der Waals surface area contributed by atoms with Gasteiger partial charge in [-0.15, -0.1) is 0 Å². The molecule has 1 aliphatic heterocycles. The quantitative estimate of drug-likeness (QED) is 0.895. The van der Waals surface area contributed by atoms with E-state index in [-0.39, 0.29) is 25.0 Å². The van der Waals surface area contributed by atoms with Crippen molar-refractivity contribution in [2.45, 2.75) is 33.1 Å². The molecule has 0 saturated heterocycles. The SMILES string of the molecule is CCC(C)c1ccccc1OCC(=O)N1CC(=O)Nc2c(C)ccnc21. The van der Waals surface area contributed by atoms with Gasteiger partial charge in [0.05, 0.1) is 5.69 Å². The van der Waals surface area contributed by atoms with Gasteiger partial charge in [0, 0.05) is 6.20 Å². The Morgan fingerprint density at radius 2 is 2.12 bits per heavy atom. The van der Waals surface area contributed by atoms with Crippen LogP contribution in [0.25, 0.3) is 0 Å². The predicted octanol–water partition coefficient (Wildman–Crippen LogP) is 3.27. The first-order valence-corrected chi connectivity index (χ1v) is 8.78. The Kier molecular flexibility index (Phi) is 5.21. The summed E-state index contributed by atoms with van der Waals surface area (Å²) in [5.74, 6) is 0.981. The summed E-state index contributed by atoms with van der Waals surface area (Å²) in [6, 6.07) is 9.54. The van der Waals surface area contributed by atoms with Crippen LogP contribution in [0, 0.1) is 6.92 Å². The Hall–Kier alpha value is -2.89. The molecular formula is C20H23N3O3. The number of pyridine rings is 1. The lowest BCUT2D eigenvalue weighted by Gasteiger charge is -2.29. The second kappa shape index (κ2) is 7.56. The highest BCUT2D eigenvalue weighted by Crippen LogP contribution is 2.31. The van der Waals surface area contributed by atoms with Crippen LogP contribution < -0.4 is 15.0 Å². The number of nitrogens with zero attached hydrogens (tertiary/aromatic N) is 2. The third kappa shape index (κ3) is 3.54. The predicted molar refractivity (Wildman–Crippen MR) is 101 cm³/mol. The second-order valence-corrected chi connectivity index (χ2v) is 6.49. The third-order valence-electron chi connectivity index (χ3n) is 4.68. The van der Waals surface area contributed by atoms with Crippen LogP contribution in [0.3, 0.4) is 0 Å². The fraction of sp³-hybridized carbons (Fsp3) is 0.350. The average molecular weight is 353 g/mol. The highest BCUT2D eigenvalue weighted by Gasteiger charge is 2.29. The number of hydrogen-bond donors (Lipinski definition) is 1. The zero-order valence-corrected chi connectivity index (χ0v) is 15.3. The van der Waals surface area contributed by atoms with Crippen molar-refractivity contribution in [3.63, 3.8) is 0 Å². The lowest BCUT2D eigenvalue weighted by molar-refractivity contribution is -0.123. The van der Waals surface area contributed by atoms with Gasteiger partial charge in [0.1, 0.15) is 12.3 Å². The lowest BCUT2D eigenvalue weighted by atomic mass is 9.98. The van der Waals surface area contributed by atoms with Gasteiger partial charge in [0.15, 0.2) is 12.4 Å². The van der Waals surface area contributed by atoms with Crippen LogP contribution in [0.5, 0.6) is 5.75 Å². The maximum absolute atomic E-state index is 12.7. The summed E-state index contributed by atoms with van der Waals surface area (Å²) in [5, 5.41) is 2.78. The normalized spacial score (nSPS) is 14.4. The maximum Gasteiger partial charge on any atom is 0.266 e. The van der Waals surface area contributed by atoms with Gasteiger partial charge in [-0.1, -0.05) is 32.0 Å². The van der Waals surface area contributed by atoms with Gasteiger partial charge in [0.2, 0.25) is 5.91 Å². The number of carbonyl (C=O) groups is 2. The number of amides is 2. The van der Waals surface area contributed by atoms with Gasteiger partial charge in [-0.3, -0.25) is 14.5 Å². The van der Waals surface area contributed by atoms with Gasteiger partial charge in [0.25, 0.3) is 5.91 Å². The van der Waals surface area contributed by atoms with E-state index in [0.29, 0.717) is 23.2 Å². The number of aryl methyl sites for hydroxylation is 1. The van der Waals surface area contributed by atoms with Crippen LogP contribution in [0.4, 0.5) is 11.5 Å². The van der Waals surface area contributed by atoms with E-state index in [4.69, 9.17) is 4.74 Å². The fourth-order valence-corrected chi connectivity index (χ4v) is 2.96. The molecule has 136 valence electrons. The minimum absolute atomic E-state index is 0.0569. The van der Waals surface area contributed by atoms with Crippen molar-refractivity contribution in [2.24, 2.45) is 0 Å². The fourth-order valence-electron chi connectivity index (χ4n) is 2.96. The van der Waals surface area contributed by atoms with Crippen molar-refractivity contribution < 1.29 is 14.3 Å². The summed E-state index contributed by atoms with van der Waals surface area (Å²) >= 11 is 0. The number of aromatic nitrogens is 1. The molecule has 0 saturated carbocycles. The van der Waals surface area contributed by atoms with E-state index < -0.39 is 0 Å². The number of anilines is 2. The first-order valence-electron chi connectivity index (χ1n) is 8.78. The zero-order chi connectivity index (χ0) is 18.7. The first-order chi connectivity index (χ1) is 12.5. The molecule has 6 heteroatoms. The van der Waals surface area contributed by atoms with Crippen molar-refractivity contribution in [1.82, 2.24) is 4.98 Å². The molecule has 26 heavy (non-hydrogen) atoms. The summed E-state index contributed by atoms with van der Waals surface area (Å²) in [5.41, 5.74) is 2.52. The van der Waals surface area contributed by atoms with Crippen LogP contribution in [-0.4, -0.2) is 29.9 Å². The van der Waals surface area contributed by atoms with Crippen LogP contribution in [0.1, 0.15) is 37.3 Å². The highest BCUT2D eigenvalue weighted by atomic mass is 16.5. The molecule has 1 unspecified atom stereocenters. The number of rotatable bonds is 5. The smallest absolute Gasteiger partial charge is 0.266 e. The number of ether oxygens (including phenoxy) is 1. The number of benzene rings is 1. The molecule has 1 aromatic carbocycles. The standard InChI is InChI=1S/C20H23N3O3/c1-4-13(2)15-7-5-6-8-16(15)26-12-18(25)23-11-17(24)22-19-14(3)9-10-21-20(19)23/h5-10,13H,4,11-12H2,1-3H3,(H,22,24). The number of hydrogen-bond acceptors (Lipinski definition) is 4. The lowest BCUT2D eigenvalue weighted by Crippen LogP contribution is -2.45. The van der Waals surface area contributed by atoms with Gasteiger partial charge in [-0.2, -0.15) is 0 Å². The van der Waals surface area contributed by atoms with Gasteiger partial charge < -0.3 is 10.1 Å². The van der Waals surface area contributed by atoms with Crippen LogP contribution in [-0.2, 0) is 9.59 Å². The molecule has 2 heterocycles. The van der Waals surface area contributed by atoms with E-state index >= 15 is 0 Å². The molecule has 6 nitrogen and oxygen atoms in total. The molecule has 1 aliphatic rings. The molecule has 0 spiro atoms. The topological polar surface area (TPSA) is 71.5 Å².